The van der Waals surface area contributed by atoms with Crippen LogP contribution in [0.2, 0.25) is 0 Å². The molecule has 7 nitrogen and oxygen atoms in total. The standard InChI is InChI=1S/C16H20N4O3S2/c1-2-14-18-19-16(24-14)17-15(21)13-10-6-7-11-20(13)25(22,23)12-8-4-3-5-9-12/h3-5,8-9,13H,2,6-7,10-11H2,1H3,(H,17,19,21)/t13-/m0/s1. The summed E-state index contributed by atoms with van der Waals surface area (Å²) in [5.74, 6) is -0.349. The van der Waals surface area contributed by atoms with Crippen molar-refractivity contribution in [1.82, 2.24) is 14.5 Å². The molecule has 0 aliphatic carbocycles. The monoisotopic (exact) mass is 380 g/mol. The van der Waals surface area contributed by atoms with Crippen LogP contribution in [0.4, 0.5) is 5.13 Å². The molecule has 9 heteroatoms. The van der Waals surface area contributed by atoms with E-state index in [2.05, 4.69) is 15.5 Å². The van der Waals surface area contributed by atoms with Gasteiger partial charge in [0.05, 0.1) is 4.90 Å². The minimum Gasteiger partial charge on any atom is -0.299 e. The molecule has 1 saturated heterocycles. The molecule has 1 aliphatic heterocycles. The van der Waals surface area contributed by atoms with Crippen LogP contribution in [0.5, 0.6) is 0 Å². The molecule has 0 bridgehead atoms. The van der Waals surface area contributed by atoms with Crippen molar-refractivity contribution in [2.24, 2.45) is 0 Å². The third-order valence-corrected chi connectivity index (χ3v) is 7.01. The Morgan fingerprint density at radius 3 is 2.72 bits per heavy atom. The largest absolute Gasteiger partial charge is 0.299 e. The average molecular weight is 380 g/mol. The topological polar surface area (TPSA) is 92.3 Å². The van der Waals surface area contributed by atoms with Crippen LogP contribution in [0.3, 0.4) is 0 Å². The molecule has 1 atom stereocenters. The molecule has 3 rings (SSSR count). The first-order valence-corrected chi connectivity index (χ1v) is 10.5. The molecule has 1 aromatic carbocycles. The number of aromatic nitrogens is 2. The van der Waals surface area contributed by atoms with Crippen LogP contribution < -0.4 is 5.32 Å². The zero-order valence-electron chi connectivity index (χ0n) is 13.9. The summed E-state index contributed by atoms with van der Waals surface area (Å²) in [7, 11) is -3.71. The van der Waals surface area contributed by atoms with Crippen molar-refractivity contribution in [1.29, 1.82) is 0 Å². The Balaban J connectivity index is 1.82. The maximum Gasteiger partial charge on any atom is 0.244 e. The van der Waals surface area contributed by atoms with Crippen molar-refractivity contribution in [2.45, 2.75) is 43.5 Å². The van der Waals surface area contributed by atoms with E-state index in [4.69, 9.17) is 0 Å². The molecule has 1 aromatic heterocycles. The van der Waals surface area contributed by atoms with Crippen molar-refractivity contribution >= 4 is 32.4 Å². The molecule has 2 heterocycles. The van der Waals surface area contributed by atoms with Crippen molar-refractivity contribution < 1.29 is 13.2 Å². The van der Waals surface area contributed by atoms with Gasteiger partial charge in [-0.25, -0.2) is 8.42 Å². The number of benzene rings is 1. The summed E-state index contributed by atoms with van der Waals surface area (Å²) in [4.78, 5) is 12.9. The minimum absolute atomic E-state index is 0.207. The van der Waals surface area contributed by atoms with E-state index >= 15 is 0 Å². The van der Waals surface area contributed by atoms with E-state index in [9.17, 15) is 13.2 Å². The molecular weight excluding hydrogens is 360 g/mol. The van der Waals surface area contributed by atoms with Crippen LogP contribution in [-0.2, 0) is 21.2 Å². The SMILES string of the molecule is CCc1nnc(NC(=O)[C@@H]2CCCCN2S(=O)(=O)c2ccccc2)s1. The Bertz CT molecular complexity index is 836. The van der Waals surface area contributed by atoms with Crippen molar-refractivity contribution in [2.75, 3.05) is 11.9 Å². The number of aryl methyl sites for hydroxylation is 1. The van der Waals surface area contributed by atoms with E-state index in [0.717, 1.165) is 24.3 Å². The van der Waals surface area contributed by atoms with Gasteiger partial charge in [0.2, 0.25) is 21.1 Å². The number of piperidine rings is 1. The second-order valence-corrected chi connectivity index (χ2v) is 8.74. The number of hydrogen-bond acceptors (Lipinski definition) is 6. The molecule has 1 fully saturated rings. The molecule has 0 radical (unpaired) electrons. The molecule has 25 heavy (non-hydrogen) atoms. The maximum absolute atomic E-state index is 12.9. The molecule has 0 unspecified atom stereocenters. The molecular formula is C16H20N4O3S2. The quantitative estimate of drug-likeness (QED) is 0.859. The summed E-state index contributed by atoms with van der Waals surface area (Å²) >= 11 is 1.31. The molecule has 1 aliphatic rings. The lowest BCUT2D eigenvalue weighted by Crippen LogP contribution is -2.49. The van der Waals surface area contributed by atoms with Gasteiger partial charge in [-0.05, 0) is 31.4 Å². The third-order valence-electron chi connectivity index (χ3n) is 4.11. The smallest absolute Gasteiger partial charge is 0.244 e. The van der Waals surface area contributed by atoms with Gasteiger partial charge in [-0.2, -0.15) is 4.31 Å². The highest BCUT2D eigenvalue weighted by Crippen LogP contribution is 2.26. The van der Waals surface area contributed by atoms with Crippen LogP contribution in [0.15, 0.2) is 35.2 Å². The van der Waals surface area contributed by atoms with E-state index in [1.165, 1.54) is 15.6 Å². The van der Waals surface area contributed by atoms with Gasteiger partial charge in [-0.1, -0.05) is 42.9 Å². The number of carbonyl (C=O) groups is 1. The fraction of sp³-hybridized carbons (Fsp3) is 0.438. The van der Waals surface area contributed by atoms with E-state index in [1.807, 2.05) is 6.92 Å². The Hall–Kier alpha value is -1.84. The van der Waals surface area contributed by atoms with Gasteiger partial charge < -0.3 is 0 Å². The predicted molar refractivity (Wildman–Crippen MR) is 95.9 cm³/mol. The first-order chi connectivity index (χ1) is 12.0. The number of carbonyl (C=O) groups excluding carboxylic acids is 1. The van der Waals surface area contributed by atoms with Gasteiger partial charge in [0, 0.05) is 6.54 Å². The molecule has 0 spiro atoms. The van der Waals surface area contributed by atoms with Crippen molar-refractivity contribution in [3.05, 3.63) is 35.3 Å². The summed E-state index contributed by atoms with van der Waals surface area (Å²) in [5, 5.41) is 11.9. The minimum atomic E-state index is -3.71. The van der Waals surface area contributed by atoms with Crippen molar-refractivity contribution in [3.8, 4) is 0 Å². The fourth-order valence-corrected chi connectivity index (χ4v) is 5.18. The lowest BCUT2D eigenvalue weighted by atomic mass is 10.0. The molecule has 0 saturated carbocycles. The molecule has 134 valence electrons. The Kier molecular flexibility index (Phi) is 5.45. The van der Waals surface area contributed by atoms with Crippen LogP contribution in [0, 0.1) is 0 Å². The van der Waals surface area contributed by atoms with Gasteiger partial charge in [0.1, 0.15) is 11.0 Å². The Morgan fingerprint density at radius 2 is 2.04 bits per heavy atom. The summed E-state index contributed by atoms with van der Waals surface area (Å²) in [6, 6.07) is 7.50. The zero-order valence-corrected chi connectivity index (χ0v) is 15.5. The highest BCUT2D eigenvalue weighted by molar-refractivity contribution is 7.89. The summed E-state index contributed by atoms with van der Waals surface area (Å²) in [6.07, 6.45) is 2.80. The average Bonchev–Trinajstić information content (AvgIpc) is 3.10. The molecule has 1 N–H and O–H groups in total. The lowest BCUT2D eigenvalue weighted by molar-refractivity contribution is -0.120. The Morgan fingerprint density at radius 1 is 1.28 bits per heavy atom. The summed E-state index contributed by atoms with van der Waals surface area (Å²) < 4.78 is 27.2. The number of rotatable bonds is 5. The predicted octanol–water partition coefficient (Wildman–Crippen LogP) is 2.28. The molecule has 2 aromatic rings. The maximum atomic E-state index is 12.9. The normalized spacial score (nSPS) is 18.8. The second kappa shape index (κ2) is 7.59. The number of sulfonamides is 1. The van der Waals surface area contributed by atoms with E-state index in [1.54, 1.807) is 30.3 Å². The van der Waals surface area contributed by atoms with Crippen molar-refractivity contribution in [3.63, 3.8) is 0 Å². The van der Waals surface area contributed by atoms with Crippen LogP contribution in [0.25, 0.3) is 0 Å². The number of hydrogen-bond donors (Lipinski definition) is 1. The van der Waals surface area contributed by atoms with Crippen LogP contribution >= 0.6 is 11.3 Å². The Labute approximate surface area is 151 Å². The summed E-state index contributed by atoms with van der Waals surface area (Å²) in [6.45, 7) is 2.30. The van der Waals surface area contributed by atoms with E-state index < -0.39 is 16.1 Å². The highest BCUT2D eigenvalue weighted by atomic mass is 32.2. The first-order valence-electron chi connectivity index (χ1n) is 8.22. The van der Waals surface area contributed by atoms with Gasteiger partial charge in [0.15, 0.2) is 0 Å². The zero-order chi connectivity index (χ0) is 17.9. The first kappa shape index (κ1) is 18.0. The van der Waals surface area contributed by atoms with Gasteiger partial charge in [0.25, 0.3) is 0 Å². The number of nitrogens with one attached hydrogen (secondary N) is 1. The van der Waals surface area contributed by atoms with Gasteiger partial charge >= 0.3 is 0 Å². The van der Waals surface area contributed by atoms with Gasteiger partial charge in [-0.3, -0.25) is 10.1 Å². The third kappa shape index (κ3) is 3.88. The van der Waals surface area contributed by atoms with E-state index in [0.29, 0.717) is 18.1 Å². The highest BCUT2D eigenvalue weighted by Gasteiger charge is 2.37. The number of nitrogens with zero attached hydrogens (tertiary/aromatic N) is 3. The van der Waals surface area contributed by atoms with Gasteiger partial charge in [-0.15, -0.1) is 10.2 Å². The number of anilines is 1. The molecule has 1 amide bonds. The van der Waals surface area contributed by atoms with Crippen LogP contribution in [-0.4, -0.2) is 41.4 Å². The summed E-state index contributed by atoms with van der Waals surface area (Å²) in [5.41, 5.74) is 0. The van der Waals surface area contributed by atoms with Crippen LogP contribution in [0.1, 0.15) is 31.2 Å². The fourth-order valence-electron chi connectivity index (χ4n) is 2.82. The number of amides is 1. The second-order valence-electron chi connectivity index (χ2n) is 5.78. The lowest BCUT2D eigenvalue weighted by Gasteiger charge is -2.33. The van der Waals surface area contributed by atoms with E-state index in [-0.39, 0.29) is 10.8 Å².